The average molecular weight is 286 g/mol. The molecule has 1 aliphatic heterocycles. The quantitative estimate of drug-likeness (QED) is 0.877. The number of nitrogens with zero attached hydrogens (tertiary/aromatic N) is 2. The highest BCUT2D eigenvalue weighted by molar-refractivity contribution is 5.98. The minimum absolute atomic E-state index is 0.0341. The monoisotopic (exact) mass is 286 g/mol. The predicted molar refractivity (Wildman–Crippen MR) is 84.5 cm³/mol. The Kier molecular flexibility index (Phi) is 4.58. The Balaban J connectivity index is 0.000000774. The summed E-state index contributed by atoms with van der Waals surface area (Å²) in [6.45, 7) is 8.85. The first-order valence-corrected chi connectivity index (χ1v) is 7.40. The molecule has 1 amide bonds. The summed E-state index contributed by atoms with van der Waals surface area (Å²) in [6.07, 6.45) is -0.368. The minimum Gasteiger partial charge on any atom is -0.389 e. The van der Waals surface area contributed by atoms with E-state index in [1.165, 1.54) is 5.56 Å². The molecular weight excluding hydrogens is 264 g/mol. The number of carbonyl (C=O) groups excluding carboxylic acids is 1. The number of hydrogen-bond acceptors (Lipinski definition) is 3. The second kappa shape index (κ2) is 6.22. The Morgan fingerprint density at radius 3 is 2.52 bits per heavy atom. The van der Waals surface area contributed by atoms with Gasteiger partial charge in [0.05, 0.1) is 11.6 Å². The van der Waals surface area contributed by atoms with E-state index in [4.69, 9.17) is 0 Å². The van der Waals surface area contributed by atoms with Gasteiger partial charge in [-0.15, -0.1) is 0 Å². The molecule has 2 aromatic rings. The van der Waals surface area contributed by atoms with Crippen LogP contribution in [-0.2, 0) is 0 Å². The molecule has 2 heterocycles. The van der Waals surface area contributed by atoms with Crippen LogP contribution in [0.15, 0.2) is 24.3 Å². The molecule has 0 spiro atoms. The lowest BCUT2D eigenvalue weighted by Crippen LogP contribution is -2.53. The molecule has 21 heavy (non-hydrogen) atoms. The van der Waals surface area contributed by atoms with Gasteiger partial charge in [0.2, 0.25) is 0 Å². The van der Waals surface area contributed by atoms with Crippen LogP contribution in [0.3, 0.4) is 0 Å². The lowest BCUT2D eigenvalue weighted by atomic mass is 10.0. The fourth-order valence-electron chi connectivity index (χ4n) is 2.51. The first kappa shape index (κ1) is 15.4. The number of aliphatic hydroxyl groups excluding tert-OH is 1. The molecule has 1 N–H and O–H groups in total. The zero-order valence-electron chi connectivity index (χ0n) is 13.1. The molecule has 0 saturated carbocycles. The van der Waals surface area contributed by atoms with E-state index in [-0.39, 0.29) is 12.0 Å². The van der Waals surface area contributed by atoms with Crippen LogP contribution in [0.2, 0.25) is 0 Å². The predicted octanol–water partition coefficient (Wildman–Crippen LogP) is 2.69. The number of aryl methyl sites for hydroxylation is 2. The van der Waals surface area contributed by atoms with Crippen LogP contribution >= 0.6 is 0 Å². The van der Waals surface area contributed by atoms with Crippen molar-refractivity contribution in [3.05, 3.63) is 41.1 Å². The van der Waals surface area contributed by atoms with Crippen LogP contribution in [-0.4, -0.2) is 40.1 Å². The topological polar surface area (TPSA) is 53.4 Å². The van der Waals surface area contributed by atoms with Crippen LogP contribution in [0, 0.1) is 13.8 Å². The molecule has 0 unspecified atom stereocenters. The van der Waals surface area contributed by atoms with E-state index < -0.39 is 0 Å². The number of fused-ring (bicyclic) bond motifs is 1. The van der Waals surface area contributed by atoms with Gasteiger partial charge in [0.1, 0.15) is 0 Å². The fraction of sp³-hybridized carbons (Fsp3) is 0.412. The van der Waals surface area contributed by atoms with Crippen molar-refractivity contribution >= 4 is 16.8 Å². The Morgan fingerprint density at radius 2 is 1.90 bits per heavy atom. The average Bonchev–Trinajstić information content (AvgIpc) is 2.44. The first-order chi connectivity index (χ1) is 10.0. The molecule has 1 saturated heterocycles. The van der Waals surface area contributed by atoms with Crippen LogP contribution in [0.25, 0.3) is 10.9 Å². The maximum absolute atomic E-state index is 12.2. The maximum atomic E-state index is 12.2. The van der Waals surface area contributed by atoms with Crippen LogP contribution < -0.4 is 0 Å². The van der Waals surface area contributed by atoms with Crippen LogP contribution in [0.4, 0.5) is 0 Å². The van der Waals surface area contributed by atoms with E-state index in [0.717, 1.165) is 16.6 Å². The lowest BCUT2D eigenvalue weighted by Gasteiger charge is -2.35. The summed E-state index contributed by atoms with van der Waals surface area (Å²) in [4.78, 5) is 18.3. The summed E-state index contributed by atoms with van der Waals surface area (Å²) in [5, 5.41) is 10.3. The fourth-order valence-corrected chi connectivity index (χ4v) is 2.51. The first-order valence-electron chi connectivity index (χ1n) is 7.40. The SMILES string of the molecule is CC.Cc1cc(C)c2ccc(C(=O)N3CC(O)C3)cc2n1. The standard InChI is InChI=1S/C15H16N2O2.C2H6/c1-9-5-10(2)16-14-6-11(3-4-13(9)14)15(19)17-7-12(18)8-17;1-2/h3-6,12,18H,7-8H2,1-2H3;1-2H3. The third kappa shape index (κ3) is 3.05. The Labute approximate surface area is 125 Å². The molecule has 0 bridgehead atoms. The van der Waals surface area contributed by atoms with Gasteiger partial charge in [0, 0.05) is 29.7 Å². The van der Waals surface area contributed by atoms with Crippen molar-refractivity contribution in [2.24, 2.45) is 0 Å². The minimum atomic E-state index is -0.368. The third-order valence-electron chi connectivity index (χ3n) is 3.54. The number of aliphatic hydroxyl groups is 1. The summed E-state index contributed by atoms with van der Waals surface area (Å²) in [5.41, 5.74) is 3.61. The van der Waals surface area contributed by atoms with Gasteiger partial charge < -0.3 is 10.0 Å². The molecule has 1 aromatic heterocycles. The van der Waals surface area contributed by atoms with Gasteiger partial charge in [0.15, 0.2) is 0 Å². The van der Waals surface area contributed by atoms with Crippen molar-refractivity contribution in [2.75, 3.05) is 13.1 Å². The van der Waals surface area contributed by atoms with E-state index in [1.807, 2.05) is 52.0 Å². The number of β-amino-alcohol motifs (C(OH)–C–C–N with tert-alkyl or cyclic N) is 1. The summed E-state index contributed by atoms with van der Waals surface area (Å²) in [5.74, 6) is -0.0341. The second-order valence-corrected chi connectivity index (χ2v) is 5.18. The summed E-state index contributed by atoms with van der Waals surface area (Å²) >= 11 is 0. The molecular formula is C17H22N2O2. The highest BCUT2D eigenvalue weighted by Gasteiger charge is 2.29. The van der Waals surface area contributed by atoms with Gasteiger partial charge in [0.25, 0.3) is 5.91 Å². The number of pyridine rings is 1. The molecule has 1 aromatic carbocycles. The zero-order chi connectivity index (χ0) is 15.6. The Bertz CT molecular complexity index is 661. The normalized spacial score (nSPS) is 14.4. The summed E-state index contributed by atoms with van der Waals surface area (Å²) < 4.78 is 0. The van der Waals surface area contributed by atoms with Crippen molar-refractivity contribution in [2.45, 2.75) is 33.8 Å². The van der Waals surface area contributed by atoms with Gasteiger partial charge in [-0.1, -0.05) is 19.9 Å². The number of benzene rings is 1. The van der Waals surface area contributed by atoms with Gasteiger partial charge in [-0.25, -0.2) is 0 Å². The largest absolute Gasteiger partial charge is 0.389 e. The number of aromatic nitrogens is 1. The van der Waals surface area contributed by atoms with Gasteiger partial charge >= 0.3 is 0 Å². The van der Waals surface area contributed by atoms with Crippen molar-refractivity contribution in [3.8, 4) is 0 Å². The number of amides is 1. The third-order valence-corrected chi connectivity index (χ3v) is 3.54. The maximum Gasteiger partial charge on any atom is 0.254 e. The van der Waals surface area contributed by atoms with E-state index in [2.05, 4.69) is 4.98 Å². The summed E-state index contributed by atoms with van der Waals surface area (Å²) in [7, 11) is 0. The van der Waals surface area contributed by atoms with Gasteiger partial charge in [-0.3, -0.25) is 9.78 Å². The van der Waals surface area contributed by atoms with Gasteiger partial charge in [-0.05, 0) is 37.6 Å². The smallest absolute Gasteiger partial charge is 0.254 e. The summed E-state index contributed by atoms with van der Waals surface area (Å²) in [6, 6.07) is 7.65. The zero-order valence-corrected chi connectivity index (χ0v) is 13.1. The lowest BCUT2D eigenvalue weighted by molar-refractivity contribution is 0.00590. The van der Waals surface area contributed by atoms with E-state index in [0.29, 0.717) is 18.7 Å². The number of hydrogen-bond donors (Lipinski definition) is 1. The molecule has 1 aliphatic rings. The van der Waals surface area contributed by atoms with Gasteiger partial charge in [-0.2, -0.15) is 0 Å². The molecule has 4 heteroatoms. The highest BCUT2D eigenvalue weighted by atomic mass is 16.3. The molecule has 3 rings (SSSR count). The van der Waals surface area contributed by atoms with Crippen molar-refractivity contribution in [3.63, 3.8) is 0 Å². The number of carbonyl (C=O) groups is 1. The van der Waals surface area contributed by atoms with Crippen molar-refractivity contribution < 1.29 is 9.90 Å². The van der Waals surface area contributed by atoms with Crippen molar-refractivity contribution in [1.29, 1.82) is 0 Å². The molecule has 4 nitrogen and oxygen atoms in total. The Morgan fingerprint density at radius 1 is 1.24 bits per heavy atom. The van der Waals surface area contributed by atoms with Crippen molar-refractivity contribution in [1.82, 2.24) is 9.88 Å². The molecule has 0 atom stereocenters. The van der Waals surface area contributed by atoms with E-state index in [9.17, 15) is 9.90 Å². The van der Waals surface area contributed by atoms with E-state index >= 15 is 0 Å². The van der Waals surface area contributed by atoms with Crippen LogP contribution in [0.1, 0.15) is 35.5 Å². The molecule has 0 radical (unpaired) electrons. The second-order valence-electron chi connectivity index (χ2n) is 5.18. The molecule has 0 aliphatic carbocycles. The van der Waals surface area contributed by atoms with E-state index in [1.54, 1.807) is 4.90 Å². The highest BCUT2D eigenvalue weighted by Crippen LogP contribution is 2.21. The molecule has 1 fully saturated rings. The Hall–Kier alpha value is -1.94. The van der Waals surface area contributed by atoms with Crippen LogP contribution in [0.5, 0.6) is 0 Å². The molecule has 112 valence electrons. The number of likely N-dealkylation sites (tertiary alicyclic amines) is 1. The number of rotatable bonds is 1.